The first-order chi connectivity index (χ1) is 8.99. The molecule has 1 fully saturated rings. The highest BCUT2D eigenvalue weighted by molar-refractivity contribution is 5.95. The van der Waals surface area contributed by atoms with Crippen molar-refractivity contribution in [3.05, 3.63) is 21.5 Å². The van der Waals surface area contributed by atoms with Crippen LogP contribution in [0.4, 0.5) is 5.69 Å². The van der Waals surface area contributed by atoms with Crippen LogP contribution in [-0.2, 0) is 6.42 Å². The maximum absolute atomic E-state index is 11.3. The summed E-state index contributed by atoms with van der Waals surface area (Å²) in [4.78, 5) is 24.0. The number of hydrogen-bond donors (Lipinski definition) is 1. The van der Waals surface area contributed by atoms with Gasteiger partial charge in [-0.05, 0) is 13.0 Å². The van der Waals surface area contributed by atoms with E-state index in [1.54, 1.807) is 4.68 Å². The minimum atomic E-state index is -0.855. The molecule has 104 valence electrons. The van der Waals surface area contributed by atoms with E-state index in [0.717, 1.165) is 19.6 Å². The highest BCUT2D eigenvalue weighted by atomic mass is 16.6. The van der Waals surface area contributed by atoms with Crippen molar-refractivity contribution in [2.45, 2.75) is 26.3 Å². The molecule has 2 N–H and O–H groups in total. The molecule has 0 unspecified atom stereocenters. The number of nitrogens with zero attached hydrogens (tertiary/aromatic N) is 4. The summed E-state index contributed by atoms with van der Waals surface area (Å²) in [5.74, 6) is -0.855. The highest BCUT2D eigenvalue weighted by Gasteiger charge is 2.36. The van der Waals surface area contributed by atoms with Crippen molar-refractivity contribution in [2.75, 3.05) is 19.6 Å². The van der Waals surface area contributed by atoms with Crippen molar-refractivity contribution in [3.8, 4) is 0 Å². The van der Waals surface area contributed by atoms with E-state index >= 15 is 0 Å². The number of primary amides is 1. The Bertz CT molecular complexity index is 519. The zero-order valence-corrected chi connectivity index (χ0v) is 11.0. The Hall–Kier alpha value is -1.96. The van der Waals surface area contributed by atoms with Gasteiger partial charge in [0.15, 0.2) is 0 Å². The first-order valence-electron chi connectivity index (χ1n) is 6.27. The molecule has 1 aliphatic heterocycles. The molecule has 1 aromatic heterocycles. The molecular weight excluding hydrogens is 250 g/mol. The lowest BCUT2D eigenvalue weighted by Crippen LogP contribution is -2.48. The second-order valence-electron chi connectivity index (χ2n) is 4.57. The topological polar surface area (TPSA) is 107 Å². The number of aromatic nitrogens is 2. The van der Waals surface area contributed by atoms with Gasteiger partial charge in [-0.3, -0.25) is 24.5 Å². The SMILES string of the molecule is CCc1c([N+](=O)[O-])c(C(N)=O)nn1C1CN(CC)C1. The van der Waals surface area contributed by atoms with Gasteiger partial charge in [0.1, 0.15) is 5.69 Å². The number of carbonyl (C=O) groups excluding carboxylic acids is 1. The molecule has 2 heterocycles. The molecule has 0 aliphatic carbocycles. The molecule has 0 atom stereocenters. The van der Waals surface area contributed by atoms with Crippen LogP contribution in [0.3, 0.4) is 0 Å². The summed E-state index contributed by atoms with van der Waals surface area (Å²) in [6.45, 7) is 6.38. The van der Waals surface area contributed by atoms with Gasteiger partial charge in [0.25, 0.3) is 5.91 Å². The highest BCUT2D eigenvalue weighted by Crippen LogP contribution is 2.30. The number of nitrogens with two attached hydrogens (primary N) is 1. The van der Waals surface area contributed by atoms with E-state index in [-0.39, 0.29) is 17.4 Å². The van der Waals surface area contributed by atoms with E-state index in [0.29, 0.717) is 12.1 Å². The second-order valence-corrected chi connectivity index (χ2v) is 4.57. The smallest absolute Gasteiger partial charge is 0.323 e. The van der Waals surface area contributed by atoms with Crippen LogP contribution in [0.1, 0.15) is 36.1 Å². The van der Waals surface area contributed by atoms with Crippen LogP contribution in [0.2, 0.25) is 0 Å². The Morgan fingerprint density at radius 2 is 2.16 bits per heavy atom. The number of carbonyl (C=O) groups is 1. The summed E-state index contributed by atoms with van der Waals surface area (Å²) in [7, 11) is 0. The van der Waals surface area contributed by atoms with E-state index in [1.165, 1.54) is 0 Å². The summed E-state index contributed by atoms with van der Waals surface area (Å²) in [5.41, 5.74) is 5.16. The largest absolute Gasteiger partial charge is 0.364 e. The van der Waals surface area contributed by atoms with Crippen LogP contribution in [0, 0.1) is 10.1 Å². The maximum atomic E-state index is 11.3. The van der Waals surface area contributed by atoms with Gasteiger partial charge >= 0.3 is 5.69 Å². The first-order valence-corrected chi connectivity index (χ1v) is 6.27. The Morgan fingerprint density at radius 3 is 2.58 bits per heavy atom. The Balaban J connectivity index is 2.42. The number of likely N-dealkylation sites (N-methyl/N-ethyl adjacent to an activating group) is 1. The van der Waals surface area contributed by atoms with Crippen LogP contribution in [-0.4, -0.2) is 45.1 Å². The van der Waals surface area contributed by atoms with Crippen LogP contribution in [0.5, 0.6) is 0 Å². The zero-order valence-electron chi connectivity index (χ0n) is 11.0. The summed E-state index contributed by atoms with van der Waals surface area (Å²) >= 11 is 0. The van der Waals surface area contributed by atoms with Crippen LogP contribution in [0.15, 0.2) is 0 Å². The van der Waals surface area contributed by atoms with Gasteiger partial charge in [0, 0.05) is 13.1 Å². The fourth-order valence-electron chi connectivity index (χ4n) is 2.41. The van der Waals surface area contributed by atoms with Crippen molar-refractivity contribution in [1.82, 2.24) is 14.7 Å². The van der Waals surface area contributed by atoms with Crippen LogP contribution >= 0.6 is 0 Å². The fraction of sp³-hybridized carbons (Fsp3) is 0.636. The molecule has 8 heteroatoms. The number of nitro groups is 1. The Morgan fingerprint density at radius 1 is 1.53 bits per heavy atom. The summed E-state index contributed by atoms with van der Waals surface area (Å²) in [6.07, 6.45) is 0.444. The van der Waals surface area contributed by atoms with Gasteiger partial charge < -0.3 is 5.73 Å². The monoisotopic (exact) mass is 267 g/mol. The fourth-order valence-corrected chi connectivity index (χ4v) is 2.41. The third kappa shape index (κ3) is 2.19. The third-order valence-corrected chi connectivity index (χ3v) is 3.46. The maximum Gasteiger partial charge on any atom is 0.323 e. The number of amides is 1. The molecular formula is C11H17N5O3. The van der Waals surface area contributed by atoms with Crippen molar-refractivity contribution < 1.29 is 9.72 Å². The van der Waals surface area contributed by atoms with Gasteiger partial charge in [-0.15, -0.1) is 0 Å². The van der Waals surface area contributed by atoms with Gasteiger partial charge in [-0.2, -0.15) is 5.10 Å². The molecule has 2 rings (SSSR count). The molecule has 1 amide bonds. The van der Waals surface area contributed by atoms with Crippen molar-refractivity contribution in [3.63, 3.8) is 0 Å². The minimum absolute atomic E-state index is 0.0849. The van der Waals surface area contributed by atoms with E-state index in [2.05, 4.69) is 16.9 Å². The van der Waals surface area contributed by atoms with Gasteiger partial charge in [-0.1, -0.05) is 13.8 Å². The number of likely N-dealkylation sites (tertiary alicyclic amines) is 1. The van der Waals surface area contributed by atoms with Crippen molar-refractivity contribution >= 4 is 11.6 Å². The standard InChI is InChI=1S/C11H17N5O3/c1-3-8-10(16(18)19)9(11(12)17)13-15(8)7-5-14(4-2)6-7/h7H,3-6H2,1-2H3,(H2,12,17). The average Bonchev–Trinajstić information content (AvgIpc) is 2.67. The molecule has 0 radical (unpaired) electrons. The molecule has 19 heavy (non-hydrogen) atoms. The third-order valence-electron chi connectivity index (χ3n) is 3.46. The van der Waals surface area contributed by atoms with Crippen LogP contribution in [0.25, 0.3) is 0 Å². The quantitative estimate of drug-likeness (QED) is 0.611. The molecule has 0 spiro atoms. The summed E-state index contributed by atoms with van der Waals surface area (Å²) in [6, 6.07) is 0.0849. The van der Waals surface area contributed by atoms with Gasteiger partial charge in [0.2, 0.25) is 5.69 Å². The second kappa shape index (κ2) is 4.96. The first kappa shape index (κ1) is 13.5. The molecule has 8 nitrogen and oxygen atoms in total. The Kier molecular flexibility index (Phi) is 3.52. The average molecular weight is 267 g/mol. The molecule has 1 aromatic rings. The predicted molar refractivity (Wildman–Crippen MR) is 67.9 cm³/mol. The van der Waals surface area contributed by atoms with E-state index in [9.17, 15) is 14.9 Å². The van der Waals surface area contributed by atoms with Gasteiger partial charge in [-0.25, -0.2) is 0 Å². The van der Waals surface area contributed by atoms with Crippen molar-refractivity contribution in [1.29, 1.82) is 0 Å². The molecule has 0 bridgehead atoms. The summed E-state index contributed by atoms with van der Waals surface area (Å²) in [5, 5.41) is 15.2. The lowest BCUT2D eigenvalue weighted by molar-refractivity contribution is -0.385. The van der Waals surface area contributed by atoms with Crippen LogP contribution < -0.4 is 5.73 Å². The van der Waals surface area contributed by atoms with E-state index < -0.39 is 10.8 Å². The normalized spacial score (nSPS) is 16.3. The Labute approximate surface area is 110 Å². The molecule has 0 aromatic carbocycles. The summed E-state index contributed by atoms with van der Waals surface area (Å²) < 4.78 is 1.60. The number of rotatable bonds is 5. The number of hydrogen-bond acceptors (Lipinski definition) is 5. The van der Waals surface area contributed by atoms with E-state index in [4.69, 9.17) is 5.73 Å². The van der Waals surface area contributed by atoms with E-state index in [1.807, 2.05) is 6.92 Å². The molecule has 1 aliphatic rings. The van der Waals surface area contributed by atoms with Gasteiger partial charge in [0.05, 0.1) is 11.0 Å². The lowest BCUT2D eigenvalue weighted by Gasteiger charge is -2.38. The predicted octanol–water partition coefficient (Wildman–Crippen LogP) is 0.329. The molecule has 0 saturated carbocycles. The zero-order chi connectivity index (χ0) is 14.2. The van der Waals surface area contributed by atoms with Crippen molar-refractivity contribution in [2.24, 2.45) is 5.73 Å². The lowest BCUT2D eigenvalue weighted by atomic mass is 10.1. The minimum Gasteiger partial charge on any atom is -0.364 e. The molecule has 1 saturated heterocycles.